The van der Waals surface area contributed by atoms with E-state index in [0.717, 1.165) is 23.5 Å². The zero-order valence-corrected chi connectivity index (χ0v) is 9.02. The van der Waals surface area contributed by atoms with E-state index in [1.54, 1.807) is 0 Å². The topological polar surface area (TPSA) is 18.5 Å². The van der Waals surface area contributed by atoms with Gasteiger partial charge in [0.05, 0.1) is 5.38 Å². The molecule has 0 bridgehead atoms. The molecule has 1 aromatic rings. The lowest BCUT2D eigenvalue weighted by atomic mass is 10.1. The smallest absolute Gasteiger partial charge is 0.231 e. The molecule has 0 amide bonds. The fraction of sp³-hybridized carbons (Fsp3) is 0.400. The summed E-state index contributed by atoms with van der Waals surface area (Å²) in [5.74, 6) is 2.04. The third-order valence-corrected chi connectivity index (χ3v) is 2.90. The molecule has 0 fully saturated rings. The van der Waals surface area contributed by atoms with Gasteiger partial charge < -0.3 is 9.47 Å². The summed E-state index contributed by atoms with van der Waals surface area (Å²) >= 11 is 11.6. The first-order valence-corrected chi connectivity index (χ1v) is 5.35. The highest BCUT2D eigenvalue weighted by Crippen LogP contribution is 2.32. The van der Waals surface area contributed by atoms with Crippen molar-refractivity contribution in [3.8, 4) is 11.5 Å². The first kappa shape index (κ1) is 9.94. The van der Waals surface area contributed by atoms with Crippen LogP contribution in [0.25, 0.3) is 0 Å². The number of fused-ring (bicyclic) bond motifs is 1. The number of rotatable bonds is 3. The van der Waals surface area contributed by atoms with Crippen LogP contribution in [0.2, 0.25) is 0 Å². The number of ether oxygens (including phenoxy) is 2. The van der Waals surface area contributed by atoms with E-state index in [1.807, 2.05) is 18.2 Å². The van der Waals surface area contributed by atoms with Crippen molar-refractivity contribution in [2.24, 2.45) is 0 Å². The Bertz CT molecular complexity index is 328. The van der Waals surface area contributed by atoms with Crippen LogP contribution in [0, 0.1) is 0 Å². The van der Waals surface area contributed by atoms with E-state index < -0.39 is 0 Å². The molecule has 4 heteroatoms. The lowest BCUT2D eigenvalue weighted by Crippen LogP contribution is -2.04. The van der Waals surface area contributed by atoms with Crippen molar-refractivity contribution in [1.82, 2.24) is 0 Å². The maximum absolute atomic E-state index is 5.95. The molecule has 1 aliphatic heterocycles. The highest BCUT2D eigenvalue weighted by Gasteiger charge is 2.14. The van der Waals surface area contributed by atoms with E-state index in [0.29, 0.717) is 12.7 Å². The van der Waals surface area contributed by atoms with Crippen LogP contribution in [0.1, 0.15) is 5.56 Å². The summed E-state index contributed by atoms with van der Waals surface area (Å²) < 4.78 is 10.5. The van der Waals surface area contributed by atoms with Gasteiger partial charge in [0, 0.05) is 5.88 Å². The minimum atomic E-state index is -0.0305. The predicted octanol–water partition coefficient (Wildman–Crippen LogP) is 2.80. The van der Waals surface area contributed by atoms with Gasteiger partial charge in [-0.25, -0.2) is 0 Å². The Balaban J connectivity index is 2.12. The summed E-state index contributed by atoms with van der Waals surface area (Å²) in [5.41, 5.74) is 1.12. The molecule has 1 atom stereocenters. The summed E-state index contributed by atoms with van der Waals surface area (Å²) in [7, 11) is 0. The molecule has 0 aliphatic carbocycles. The average Bonchev–Trinajstić information content (AvgIpc) is 2.64. The normalized spacial score (nSPS) is 15.6. The fourth-order valence-electron chi connectivity index (χ4n) is 1.38. The summed E-state index contributed by atoms with van der Waals surface area (Å²) in [6.45, 7) is 0.304. The monoisotopic (exact) mass is 232 g/mol. The van der Waals surface area contributed by atoms with Gasteiger partial charge in [0.1, 0.15) is 0 Å². The quantitative estimate of drug-likeness (QED) is 0.747. The van der Waals surface area contributed by atoms with Gasteiger partial charge in [-0.05, 0) is 24.1 Å². The molecule has 0 saturated heterocycles. The van der Waals surface area contributed by atoms with E-state index in [2.05, 4.69) is 0 Å². The Labute approximate surface area is 92.7 Å². The Kier molecular flexibility index (Phi) is 3.04. The molecule has 1 aliphatic rings. The largest absolute Gasteiger partial charge is 0.454 e. The van der Waals surface area contributed by atoms with E-state index >= 15 is 0 Å². The third-order valence-electron chi connectivity index (χ3n) is 2.06. The van der Waals surface area contributed by atoms with Crippen LogP contribution < -0.4 is 9.47 Å². The van der Waals surface area contributed by atoms with Gasteiger partial charge >= 0.3 is 0 Å². The van der Waals surface area contributed by atoms with Crippen molar-refractivity contribution in [3.63, 3.8) is 0 Å². The minimum absolute atomic E-state index is 0.0305. The molecule has 0 radical (unpaired) electrons. The van der Waals surface area contributed by atoms with Crippen LogP contribution >= 0.6 is 23.2 Å². The highest BCUT2D eigenvalue weighted by atomic mass is 35.5. The van der Waals surface area contributed by atoms with Crippen molar-refractivity contribution in [1.29, 1.82) is 0 Å². The number of hydrogen-bond acceptors (Lipinski definition) is 2. The lowest BCUT2D eigenvalue weighted by molar-refractivity contribution is 0.174. The average molecular weight is 233 g/mol. The highest BCUT2D eigenvalue weighted by molar-refractivity contribution is 6.28. The second-order valence-corrected chi connectivity index (χ2v) is 4.07. The molecular formula is C10H10Cl2O2. The first-order valence-electron chi connectivity index (χ1n) is 4.38. The number of hydrogen-bond donors (Lipinski definition) is 0. The molecular weight excluding hydrogens is 223 g/mol. The molecule has 76 valence electrons. The Morgan fingerprint density at radius 3 is 2.86 bits per heavy atom. The van der Waals surface area contributed by atoms with Gasteiger partial charge in [0.15, 0.2) is 11.5 Å². The fourth-order valence-corrected chi connectivity index (χ4v) is 1.67. The van der Waals surface area contributed by atoms with Crippen molar-refractivity contribution in [2.75, 3.05) is 12.7 Å². The van der Waals surface area contributed by atoms with Crippen molar-refractivity contribution < 1.29 is 9.47 Å². The molecule has 2 nitrogen and oxygen atoms in total. The van der Waals surface area contributed by atoms with Crippen LogP contribution in [0.5, 0.6) is 11.5 Å². The van der Waals surface area contributed by atoms with Crippen LogP contribution in [-0.4, -0.2) is 18.1 Å². The second-order valence-electron chi connectivity index (χ2n) is 3.14. The van der Waals surface area contributed by atoms with Crippen LogP contribution in [0.4, 0.5) is 0 Å². The Morgan fingerprint density at radius 2 is 2.07 bits per heavy atom. The number of alkyl halides is 2. The summed E-state index contributed by atoms with van der Waals surface area (Å²) in [4.78, 5) is 0. The summed E-state index contributed by atoms with van der Waals surface area (Å²) in [5, 5.41) is -0.0305. The molecule has 0 aromatic heterocycles. The standard InChI is InChI=1S/C10H10Cl2O2/c11-5-8(12)3-7-1-2-9-10(4-7)14-6-13-9/h1-2,4,8H,3,5-6H2/t8-/m1/s1. The number of halogens is 2. The van der Waals surface area contributed by atoms with Crippen molar-refractivity contribution in [3.05, 3.63) is 23.8 Å². The zero-order chi connectivity index (χ0) is 9.97. The SMILES string of the molecule is ClC[C@H](Cl)Cc1ccc2c(c1)OCO2. The number of benzene rings is 1. The third kappa shape index (κ3) is 2.07. The first-order chi connectivity index (χ1) is 6.79. The summed E-state index contributed by atoms with van der Waals surface area (Å²) in [6, 6.07) is 5.83. The van der Waals surface area contributed by atoms with Gasteiger partial charge in [-0.15, -0.1) is 23.2 Å². The van der Waals surface area contributed by atoms with Crippen molar-refractivity contribution in [2.45, 2.75) is 11.8 Å². The maximum Gasteiger partial charge on any atom is 0.231 e. The van der Waals surface area contributed by atoms with E-state index in [1.165, 1.54) is 0 Å². The molecule has 1 aromatic carbocycles. The molecule has 1 heterocycles. The molecule has 0 spiro atoms. The van der Waals surface area contributed by atoms with E-state index in [4.69, 9.17) is 32.7 Å². The second kappa shape index (κ2) is 4.28. The molecule has 2 rings (SSSR count). The van der Waals surface area contributed by atoms with Crippen molar-refractivity contribution >= 4 is 23.2 Å². The van der Waals surface area contributed by atoms with E-state index in [-0.39, 0.29) is 5.38 Å². The van der Waals surface area contributed by atoms with Crippen LogP contribution in [0.15, 0.2) is 18.2 Å². The Hall–Kier alpha value is -0.600. The predicted molar refractivity (Wildman–Crippen MR) is 56.6 cm³/mol. The molecule has 14 heavy (non-hydrogen) atoms. The van der Waals surface area contributed by atoms with Crippen LogP contribution in [0.3, 0.4) is 0 Å². The van der Waals surface area contributed by atoms with Gasteiger partial charge in [0.2, 0.25) is 6.79 Å². The van der Waals surface area contributed by atoms with Gasteiger partial charge in [-0.1, -0.05) is 6.07 Å². The zero-order valence-electron chi connectivity index (χ0n) is 7.50. The van der Waals surface area contributed by atoms with E-state index in [9.17, 15) is 0 Å². The van der Waals surface area contributed by atoms with Gasteiger partial charge in [-0.2, -0.15) is 0 Å². The molecule has 0 N–H and O–H groups in total. The molecule has 0 saturated carbocycles. The maximum atomic E-state index is 5.95. The minimum Gasteiger partial charge on any atom is -0.454 e. The van der Waals surface area contributed by atoms with Crippen LogP contribution in [-0.2, 0) is 6.42 Å². The van der Waals surface area contributed by atoms with Gasteiger partial charge in [0.25, 0.3) is 0 Å². The Morgan fingerprint density at radius 1 is 1.29 bits per heavy atom. The lowest BCUT2D eigenvalue weighted by Gasteiger charge is -2.05. The summed E-state index contributed by atoms with van der Waals surface area (Å²) in [6.07, 6.45) is 0.752. The molecule has 0 unspecified atom stereocenters. The van der Waals surface area contributed by atoms with Gasteiger partial charge in [-0.3, -0.25) is 0 Å².